The first-order valence-corrected chi connectivity index (χ1v) is 9.07. The lowest BCUT2D eigenvalue weighted by Crippen LogP contribution is -2.55. The van der Waals surface area contributed by atoms with E-state index in [0.717, 1.165) is 5.56 Å². The normalized spacial score (nSPS) is 22.5. The Kier molecular flexibility index (Phi) is 5.56. The molecule has 2 rings (SSSR count). The number of hydrogen-bond acceptors (Lipinski definition) is 4. The van der Waals surface area contributed by atoms with E-state index >= 15 is 0 Å². The Morgan fingerprint density at radius 2 is 1.78 bits per heavy atom. The standard InChI is InChI=1S/C16H23N3O3S/c1-12-10-19(11-13(2)18-12)16(20)9-6-14-4-7-15(8-5-14)23(21,22)17-3/h4-9,12-13,17-18H,10-11H2,1-3H3. The van der Waals surface area contributed by atoms with Crippen LogP contribution in [0.3, 0.4) is 0 Å². The zero-order valence-corrected chi connectivity index (χ0v) is 14.4. The van der Waals surface area contributed by atoms with Gasteiger partial charge in [-0.15, -0.1) is 0 Å². The second-order valence-corrected chi connectivity index (χ2v) is 7.71. The smallest absolute Gasteiger partial charge is 0.246 e. The van der Waals surface area contributed by atoms with E-state index in [2.05, 4.69) is 23.9 Å². The van der Waals surface area contributed by atoms with E-state index in [0.29, 0.717) is 13.1 Å². The Labute approximate surface area is 137 Å². The summed E-state index contributed by atoms with van der Waals surface area (Å²) >= 11 is 0. The van der Waals surface area contributed by atoms with Crippen molar-refractivity contribution in [2.75, 3.05) is 20.1 Å². The second kappa shape index (κ2) is 7.25. The summed E-state index contributed by atoms with van der Waals surface area (Å²) in [6, 6.07) is 6.95. The monoisotopic (exact) mass is 337 g/mol. The lowest BCUT2D eigenvalue weighted by atomic mass is 10.1. The van der Waals surface area contributed by atoms with Gasteiger partial charge < -0.3 is 10.2 Å². The predicted octanol–water partition coefficient (Wildman–Crippen LogP) is 0.817. The number of nitrogens with zero attached hydrogens (tertiary/aromatic N) is 1. The fraction of sp³-hybridized carbons (Fsp3) is 0.438. The number of benzene rings is 1. The van der Waals surface area contributed by atoms with E-state index in [1.807, 2.05) is 4.90 Å². The van der Waals surface area contributed by atoms with Crippen molar-refractivity contribution in [2.24, 2.45) is 0 Å². The van der Waals surface area contributed by atoms with Crippen molar-refractivity contribution in [1.29, 1.82) is 0 Å². The van der Waals surface area contributed by atoms with Gasteiger partial charge in [-0.25, -0.2) is 13.1 Å². The Morgan fingerprint density at radius 3 is 2.30 bits per heavy atom. The molecule has 2 N–H and O–H groups in total. The van der Waals surface area contributed by atoms with Crippen molar-refractivity contribution in [2.45, 2.75) is 30.8 Å². The average Bonchev–Trinajstić information content (AvgIpc) is 2.52. The highest BCUT2D eigenvalue weighted by Gasteiger charge is 2.23. The molecule has 1 amide bonds. The maximum Gasteiger partial charge on any atom is 0.246 e. The van der Waals surface area contributed by atoms with Gasteiger partial charge in [0.15, 0.2) is 0 Å². The second-order valence-electron chi connectivity index (χ2n) is 5.82. The maximum absolute atomic E-state index is 12.2. The van der Waals surface area contributed by atoms with Crippen LogP contribution in [-0.2, 0) is 14.8 Å². The van der Waals surface area contributed by atoms with E-state index < -0.39 is 10.0 Å². The SMILES string of the molecule is CNS(=O)(=O)c1ccc(C=CC(=O)N2CC(C)NC(C)C2)cc1. The summed E-state index contributed by atoms with van der Waals surface area (Å²) in [7, 11) is -2.06. The molecule has 1 aliphatic rings. The number of hydrogen-bond donors (Lipinski definition) is 2. The first-order chi connectivity index (χ1) is 10.8. The van der Waals surface area contributed by atoms with Gasteiger partial charge in [0.05, 0.1) is 4.90 Å². The molecular formula is C16H23N3O3S. The summed E-state index contributed by atoms with van der Waals surface area (Å²) in [5.74, 6) is -0.0304. The minimum absolute atomic E-state index is 0.0304. The molecule has 0 spiro atoms. The summed E-state index contributed by atoms with van der Waals surface area (Å²) in [5, 5.41) is 3.38. The van der Waals surface area contributed by atoms with E-state index in [1.54, 1.807) is 18.2 Å². The molecule has 7 heteroatoms. The summed E-state index contributed by atoms with van der Waals surface area (Å²) in [6.45, 7) is 5.49. The minimum atomic E-state index is -3.43. The first kappa shape index (κ1) is 17.7. The van der Waals surface area contributed by atoms with Gasteiger partial charge in [-0.05, 0) is 44.7 Å². The van der Waals surface area contributed by atoms with Gasteiger partial charge in [0.2, 0.25) is 15.9 Å². The number of nitrogens with one attached hydrogen (secondary N) is 2. The average molecular weight is 337 g/mol. The van der Waals surface area contributed by atoms with Crippen LogP contribution in [0.2, 0.25) is 0 Å². The number of rotatable bonds is 4. The van der Waals surface area contributed by atoms with Gasteiger partial charge >= 0.3 is 0 Å². The van der Waals surface area contributed by atoms with E-state index in [1.165, 1.54) is 25.3 Å². The molecule has 0 saturated carbocycles. The van der Waals surface area contributed by atoms with Gasteiger partial charge in [-0.3, -0.25) is 4.79 Å². The Bertz CT molecular complexity index is 673. The molecule has 1 saturated heterocycles. The van der Waals surface area contributed by atoms with Gasteiger partial charge in [0.25, 0.3) is 0 Å². The van der Waals surface area contributed by atoms with Crippen LogP contribution in [0.25, 0.3) is 6.08 Å². The highest BCUT2D eigenvalue weighted by molar-refractivity contribution is 7.89. The van der Waals surface area contributed by atoms with Crippen molar-refractivity contribution in [3.05, 3.63) is 35.9 Å². The lowest BCUT2D eigenvalue weighted by molar-refractivity contribution is -0.127. The molecule has 2 atom stereocenters. The van der Waals surface area contributed by atoms with Crippen LogP contribution in [0.4, 0.5) is 0 Å². The lowest BCUT2D eigenvalue weighted by Gasteiger charge is -2.35. The third kappa shape index (κ3) is 4.63. The molecule has 1 aromatic rings. The Balaban J connectivity index is 2.04. The highest BCUT2D eigenvalue weighted by Crippen LogP contribution is 2.12. The van der Waals surface area contributed by atoms with Crippen molar-refractivity contribution in [3.8, 4) is 0 Å². The van der Waals surface area contributed by atoms with Crippen molar-refractivity contribution in [3.63, 3.8) is 0 Å². The molecule has 1 heterocycles. The molecule has 0 aromatic heterocycles. The summed E-state index contributed by atoms with van der Waals surface area (Å²) in [4.78, 5) is 14.3. The fourth-order valence-electron chi connectivity index (χ4n) is 2.66. The van der Waals surface area contributed by atoms with Crippen LogP contribution in [0.15, 0.2) is 35.2 Å². The minimum Gasteiger partial charge on any atom is -0.336 e. The van der Waals surface area contributed by atoms with E-state index in [-0.39, 0.29) is 22.9 Å². The molecule has 0 bridgehead atoms. The largest absolute Gasteiger partial charge is 0.336 e. The van der Waals surface area contributed by atoms with Crippen LogP contribution in [0, 0.1) is 0 Å². The quantitative estimate of drug-likeness (QED) is 0.797. The molecule has 1 fully saturated rings. The van der Waals surface area contributed by atoms with Crippen molar-refractivity contribution in [1.82, 2.24) is 14.9 Å². The van der Waals surface area contributed by atoms with Gasteiger partial charge in [0, 0.05) is 31.2 Å². The van der Waals surface area contributed by atoms with E-state index in [9.17, 15) is 13.2 Å². The zero-order valence-electron chi connectivity index (χ0n) is 13.6. The van der Waals surface area contributed by atoms with Crippen LogP contribution in [0.1, 0.15) is 19.4 Å². The molecule has 1 aliphatic heterocycles. The predicted molar refractivity (Wildman–Crippen MR) is 90.4 cm³/mol. The van der Waals surface area contributed by atoms with Crippen LogP contribution >= 0.6 is 0 Å². The Hall–Kier alpha value is -1.70. The van der Waals surface area contributed by atoms with E-state index in [4.69, 9.17) is 0 Å². The third-order valence-electron chi connectivity index (χ3n) is 3.75. The van der Waals surface area contributed by atoms with Gasteiger partial charge in [-0.1, -0.05) is 12.1 Å². The van der Waals surface area contributed by atoms with Crippen LogP contribution in [-0.4, -0.2) is 51.4 Å². The van der Waals surface area contributed by atoms with Crippen LogP contribution in [0.5, 0.6) is 0 Å². The number of piperazine rings is 1. The molecule has 0 aliphatic carbocycles. The number of sulfonamides is 1. The zero-order chi connectivity index (χ0) is 17.0. The van der Waals surface area contributed by atoms with Crippen LogP contribution < -0.4 is 10.0 Å². The summed E-state index contributed by atoms with van der Waals surface area (Å²) in [5.41, 5.74) is 0.782. The molecule has 2 unspecified atom stereocenters. The topological polar surface area (TPSA) is 78.5 Å². The summed E-state index contributed by atoms with van der Waals surface area (Å²) < 4.78 is 25.6. The van der Waals surface area contributed by atoms with Crippen molar-refractivity contribution >= 4 is 22.0 Å². The number of amides is 1. The van der Waals surface area contributed by atoms with Gasteiger partial charge in [-0.2, -0.15) is 0 Å². The van der Waals surface area contributed by atoms with Crippen molar-refractivity contribution < 1.29 is 13.2 Å². The molecule has 126 valence electrons. The fourth-order valence-corrected chi connectivity index (χ4v) is 3.39. The summed E-state index contributed by atoms with van der Waals surface area (Å²) in [6.07, 6.45) is 3.24. The molecule has 0 radical (unpaired) electrons. The third-order valence-corrected chi connectivity index (χ3v) is 5.18. The first-order valence-electron chi connectivity index (χ1n) is 7.58. The highest BCUT2D eigenvalue weighted by atomic mass is 32.2. The number of carbonyl (C=O) groups excluding carboxylic acids is 1. The molecule has 23 heavy (non-hydrogen) atoms. The Morgan fingerprint density at radius 1 is 1.22 bits per heavy atom. The number of carbonyl (C=O) groups is 1. The van der Waals surface area contributed by atoms with Gasteiger partial charge in [0.1, 0.15) is 0 Å². The molecular weight excluding hydrogens is 314 g/mol. The molecule has 1 aromatic carbocycles. The molecule has 6 nitrogen and oxygen atoms in total. The maximum atomic E-state index is 12.2.